The molecule has 1 N–H and O–H groups in total. The maximum Gasteiger partial charge on any atom is 0.226 e. The Morgan fingerprint density at radius 2 is 1.93 bits per heavy atom. The summed E-state index contributed by atoms with van der Waals surface area (Å²) in [6.45, 7) is 6.58. The molecule has 0 radical (unpaired) electrons. The number of rotatable bonds is 4. The number of carbonyl (C=O) groups is 1. The van der Waals surface area contributed by atoms with Gasteiger partial charge in [-0.2, -0.15) is 0 Å². The molecule has 0 aliphatic carbocycles. The molecule has 150 valence electrons. The number of carbonyl (C=O) groups excluding carboxylic acids is 1. The van der Waals surface area contributed by atoms with Crippen molar-refractivity contribution in [3.8, 4) is 0 Å². The Balaban J connectivity index is 1.82. The lowest BCUT2D eigenvalue weighted by Crippen LogP contribution is -2.30. The first-order valence-corrected chi connectivity index (χ1v) is 9.30. The van der Waals surface area contributed by atoms with Crippen molar-refractivity contribution in [2.75, 3.05) is 16.8 Å². The number of nitrogens with one attached hydrogen (secondary N) is 1. The van der Waals surface area contributed by atoms with Crippen molar-refractivity contribution >= 4 is 17.4 Å². The van der Waals surface area contributed by atoms with Gasteiger partial charge in [0.1, 0.15) is 11.6 Å². The van der Waals surface area contributed by atoms with Gasteiger partial charge in [-0.1, -0.05) is 26.8 Å². The van der Waals surface area contributed by atoms with Crippen molar-refractivity contribution in [1.29, 1.82) is 0 Å². The molecule has 1 amide bonds. The van der Waals surface area contributed by atoms with Crippen molar-refractivity contribution in [2.24, 2.45) is 5.41 Å². The van der Waals surface area contributed by atoms with Gasteiger partial charge < -0.3 is 10.2 Å². The van der Waals surface area contributed by atoms with E-state index in [1.54, 1.807) is 0 Å². The molecule has 0 atom stereocenters. The van der Waals surface area contributed by atoms with E-state index in [2.05, 4.69) is 10.3 Å². The minimum atomic E-state index is -0.636. The van der Waals surface area contributed by atoms with E-state index in [0.717, 1.165) is 12.5 Å². The van der Waals surface area contributed by atoms with Gasteiger partial charge in [-0.05, 0) is 24.3 Å². The fraction of sp³-hybridized carbons (Fsp3) is 0.429. The molecule has 1 aromatic carbocycles. The van der Waals surface area contributed by atoms with Crippen LogP contribution in [0.2, 0.25) is 0 Å². The lowest BCUT2D eigenvalue weighted by Gasteiger charge is -2.31. The first kappa shape index (κ1) is 20.2. The predicted octanol–water partition coefficient (Wildman–Crippen LogP) is 4.83. The van der Waals surface area contributed by atoms with Crippen molar-refractivity contribution in [3.63, 3.8) is 0 Å². The summed E-state index contributed by atoms with van der Waals surface area (Å²) in [5, 5.41) is 2.55. The molecule has 7 heteroatoms. The molecule has 0 saturated carbocycles. The van der Waals surface area contributed by atoms with Crippen LogP contribution in [-0.2, 0) is 17.8 Å². The fourth-order valence-electron chi connectivity index (χ4n) is 3.30. The molecule has 4 nitrogen and oxygen atoms in total. The van der Waals surface area contributed by atoms with Crippen LogP contribution < -0.4 is 10.2 Å². The van der Waals surface area contributed by atoms with E-state index in [1.165, 1.54) is 18.2 Å². The quantitative estimate of drug-likeness (QED) is 0.812. The number of halogens is 3. The Morgan fingerprint density at radius 1 is 1.18 bits per heavy atom. The monoisotopic (exact) mass is 391 g/mol. The molecular weight excluding hydrogens is 367 g/mol. The van der Waals surface area contributed by atoms with Crippen molar-refractivity contribution in [3.05, 3.63) is 53.0 Å². The second-order valence-corrected chi connectivity index (χ2v) is 8.33. The zero-order valence-corrected chi connectivity index (χ0v) is 16.3. The number of hydrogen-bond donors (Lipinski definition) is 1. The number of anilines is 2. The van der Waals surface area contributed by atoms with Gasteiger partial charge in [-0.15, -0.1) is 0 Å². The number of hydrogen-bond acceptors (Lipinski definition) is 3. The molecule has 1 aliphatic rings. The Labute approximate surface area is 162 Å². The summed E-state index contributed by atoms with van der Waals surface area (Å²) in [4.78, 5) is 18.3. The maximum atomic E-state index is 14.6. The van der Waals surface area contributed by atoms with Crippen LogP contribution in [0.25, 0.3) is 0 Å². The van der Waals surface area contributed by atoms with Gasteiger partial charge in [0.25, 0.3) is 0 Å². The molecule has 0 bridgehead atoms. The Bertz CT molecular complexity index is 893. The summed E-state index contributed by atoms with van der Waals surface area (Å²) in [5.41, 5.74) is 1.34. The zero-order valence-electron chi connectivity index (χ0n) is 16.3. The summed E-state index contributed by atoms with van der Waals surface area (Å²) in [7, 11) is 0. The third-order valence-corrected chi connectivity index (χ3v) is 4.54. The summed E-state index contributed by atoms with van der Waals surface area (Å²) in [6, 6.07) is 4.77. The molecule has 28 heavy (non-hydrogen) atoms. The number of amides is 1. The van der Waals surface area contributed by atoms with Crippen molar-refractivity contribution in [1.82, 2.24) is 4.98 Å². The van der Waals surface area contributed by atoms with E-state index in [1.807, 2.05) is 25.7 Å². The number of nitrogens with zero attached hydrogens (tertiary/aromatic N) is 2. The standard InChI is InChI=1S/C21H24F3N3O/c1-21(2,3)11-19(28)26-20-16(24)10-18-17(25-20)5-4-8-27(18)12-13-6-7-14(22)9-15(13)23/h6-7,9-10H,4-5,8,11-12H2,1-3H3,(H,25,26,28). The number of pyridine rings is 1. The zero-order chi connectivity index (χ0) is 20.5. The van der Waals surface area contributed by atoms with Gasteiger partial charge in [-0.25, -0.2) is 18.2 Å². The highest BCUT2D eigenvalue weighted by Gasteiger charge is 2.24. The Hall–Kier alpha value is -2.57. The molecule has 0 spiro atoms. The molecule has 2 heterocycles. The maximum absolute atomic E-state index is 14.6. The van der Waals surface area contributed by atoms with Gasteiger partial charge >= 0.3 is 0 Å². The predicted molar refractivity (Wildman–Crippen MR) is 103 cm³/mol. The van der Waals surface area contributed by atoms with Crippen LogP contribution in [0.3, 0.4) is 0 Å². The number of aryl methyl sites for hydroxylation is 1. The highest BCUT2D eigenvalue weighted by molar-refractivity contribution is 5.90. The highest BCUT2D eigenvalue weighted by Crippen LogP contribution is 2.31. The number of fused-ring (bicyclic) bond motifs is 1. The summed E-state index contributed by atoms with van der Waals surface area (Å²) in [5.74, 6) is -2.27. The van der Waals surface area contributed by atoms with Crippen LogP contribution in [-0.4, -0.2) is 17.4 Å². The van der Waals surface area contributed by atoms with Crippen LogP contribution in [0.15, 0.2) is 24.3 Å². The van der Waals surface area contributed by atoms with Crippen molar-refractivity contribution < 1.29 is 18.0 Å². The lowest BCUT2D eigenvalue weighted by molar-refractivity contribution is -0.117. The summed E-state index contributed by atoms with van der Waals surface area (Å²) in [6.07, 6.45) is 1.66. The molecule has 3 rings (SSSR count). The third-order valence-electron chi connectivity index (χ3n) is 4.54. The summed E-state index contributed by atoms with van der Waals surface area (Å²) >= 11 is 0. The summed E-state index contributed by atoms with van der Waals surface area (Å²) < 4.78 is 41.7. The minimum Gasteiger partial charge on any atom is -0.366 e. The minimum absolute atomic E-state index is 0.0807. The van der Waals surface area contributed by atoms with Gasteiger partial charge in [0, 0.05) is 37.2 Å². The largest absolute Gasteiger partial charge is 0.366 e. The molecule has 0 fully saturated rings. The van der Waals surface area contributed by atoms with E-state index >= 15 is 0 Å². The molecule has 1 aliphatic heterocycles. The second kappa shape index (κ2) is 7.81. The van der Waals surface area contributed by atoms with Gasteiger partial charge in [0.2, 0.25) is 5.91 Å². The van der Waals surface area contributed by atoms with Gasteiger partial charge in [0.15, 0.2) is 11.6 Å². The highest BCUT2D eigenvalue weighted by atomic mass is 19.1. The third kappa shape index (κ3) is 4.82. The van der Waals surface area contributed by atoms with E-state index in [4.69, 9.17) is 0 Å². The van der Waals surface area contributed by atoms with Crippen LogP contribution in [0.5, 0.6) is 0 Å². The Kier molecular flexibility index (Phi) is 5.63. The molecular formula is C21H24F3N3O. The Morgan fingerprint density at radius 3 is 2.61 bits per heavy atom. The van der Waals surface area contributed by atoms with Crippen LogP contribution in [0.4, 0.5) is 24.7 Å². The SMILES string of the molecule is CC(C)(C)CC(=O)Nc1nc2c(cc1F)N(Cc1ccc(F)cc1F)CCC2. The lowest BCUT2D eigenvalue weighted by atomic mass is 9.92. The molecule has 1 aromatic heterocycles. The topological polar surface area (TPSA) is 45.2 Å². The van der Waals surface area contributed by atoms with Crippen LogP contribution in [0, 0.1) is 22.9 Å². The normalized spacial score (nSPS) is 14.0. The average molecular weight is 391 g/mol. The van der Waals surface area contributed by atoms with E-state index in [-0.39, 0.29) is 30.1 Å². The van der Waals surface area contributed by atoms with Gasteiger partial charge in [0.05, 0.1) is 11.4 Å². The van der Waals surface area contributed by atoms with Crippen LogP contribution in [0.1, 0.15) is 44.9 Å². The van der Waals surface area contributed by atoms with E-state index in [9.17, 15) is 18.0 Å². The molecule has 0 unspecified atom stereocenters. The van der Waals surface area contributed by atoms with Crippen molar-refractivity contribution in [2.45, 2.75) is 46.6 Å². The smallest absolute Gasteiger partial charge is 0.226 e. The van der Waals surface area contributed by atoms with E-state index < -0.39 is 17.5 Å². The second-order valence-electron chi connectivity index (χ2n) is 8.33. The average Bonchev–Trinajstić information content (AvgIpc) is 2.57. The first-order chi connectivity index (χ1) is 13.1. The van der Waals surface area contributed by atoms with Gasteiger partial charge in [-0.3, -0.25) is 4.79 Å². The van der Waals surface area contributed by atoms with E-state index in [0.29, 0.717) is 29.9 Å². The molecule has 0 saturated heterocycles. The molecule has 2 aromatic rings. The fourth-order valence-corrected chi connectivity index (χ4v) is 3.30. The first-order valence-electron chi connectivity index (χ1n) is 9.30. The number of benzene rings is 1. The van der Waals surface area contributed by atoms with Crippen LogP contribution >= 0.6 is 0 Å². The number of aromatic nitrogens is 1.